The lowest BCUT2D eigenvalue weighted by Gasteiger charge is -2.29. The number of amides is 1. The highest BCUT2D eigenvalue weighted by Crippen LogP contribution is 2.34. The molecule has 0 saturated heterocycles. The van der Waals surface area contributed by atoms with Crippen LogP contribution in [0.1, 0.15) is 37.1 Å². The molecule has 1 amide bonds. The molecule has 1 aromatic carbocycles. The number of nitrogens with zero attached hydrogens (tertiary/aromatic N) is 2. The number of hydrogen-bond donors (Lipinski definition) is 0. The monoisotopic (exact) mass is 348 g/mol. The molecule has 0 spiro atoms. The van der Waals surface area contributed by atoms with E-state index in [1.54, 1.807) is 18.3 Å². The van der Waals surface area contributed by atoms with E-state index in [2.05, 4.69) is 4.98 Å². The summed E-state index contributed by atoms with van der Waals surface area (Å²) in [6.07, 6.45) is 4.21. The standard InChI is InChI=1S/C18H18Cl2N2O/c1-12(17-4-2-3-9-21-17)22(14-6-7-14)18(23)11-13-5-8-15(19)16(20)10-13/h2-5,8-10,12,14H,6-7,11H2,1H3/t12-/m0/s1. The maximum Gasteiger partial charge on any atom is 0.227 e. The van der Waals surface area contributed by atoms with E-state index >= 15 is 0 Å². The molecule has 0 radical (unpaired) electrons. The van der Waals surface area contributed by atoms with Crippen LogP contribution in [0.5, 0.6) is 0 Å². The molecular weight excluding hydrogens is 331 g/mol. The summed E-state index contributed by atoms with van der Waals surface area (Å²) in [6, 6.07) is 11.4. The van der Waals surface area contributed by atoms with Crippen molar-refractivity contribution in [2.45, 2.75) is 38.3 Å². The Balaban J connectivity index is 1.78. The molecule has 1 aromatic heterocycles. The van der Waals surface area contributed by atoms with E-state index in [1.807, 2.05) is 36.1 Å². The molecule has 0 bridgehead atoms. The van der Waals surface area contributed by atoms with Crippen molar-refractivity contribution in [3.63, 3.8) is 0 Å². The predicted octanol–water partition coefficient (Wildman–Crippen LogP) is 4.68. The summed E-state index contributed by atoms with van der Waals surface area (Å²) in [7, 11) is 0. The molecule has 1 saturated carbocycles. The Morgan fingerprint density at radius 1 is 1.26 bits per heavy atom. The van der Waals surface area contributed by atoms with Crippen LogP contribution in [0, 0.1) is 0 Å². The molecular formula is C18H18Cl2N2O. The lowest BCUT2D eigenvalue weighted by Crippen LogP contribution is -2.37. The highest BCUT2D eigenvalue weighted by molar-refractivity contribution is 6.42. The van der Waals surface area contributed by atoms with Gasteiger partial charge in [-0.3, -0.25) is 9.78 Å². The molecule has 0 aliphatic heterocycles. The molecule has 2 aromatic rings. The number of pyridine rings is 1. The SMILES string of the molecule is C[C@@H](c1ccccn1)N(C(=O)Cc1ccc(Cl)c(Cl)c1)C1CC1. The molecule has 1 fully saturated rings. The van der Waals surface area contributed by atoms with Gasteiger partial charge in [-0.2, -0.15) is 0 Å². The van der Waals surface area contributed by atoms with Gasteiger partial charge in [-0.25, -0.2) is 0 Å². The molecule has 5 heteroatoms. The van der Waals surface area contributed by atoms with Crippen LogP contribution < -0.4 is 0 Å². The molecule has 0 unspecified atom stereocenters. The molecule has 23 heavy (non-hydrogen) atoms. The molecule has 3 nitrogen and oxygen atoms in total. The largest absolute Gasteiger partial charge is 0.331 e. The van der Waals surface area contributed by atoms with Crippen LogP contribution >= 0.6 is 23.2 Å². The summed E-state index contributed by atoms with van der Waals surface area (Å²) in [5.74, 6) is 0.101. The number of benzene rings is 1. The minimum Gasteiger partial charge on any atom is -0.331 e. The van der Waals surface area contributed by atoms with Crippen molar-refractivity contribution < 1.29 is 4.79 Å². The third-order valence-corrected chi connectivity index (χ3v) is 4.84. The Morgan fingerprint density at radius 2 is 2.04 bits per heavy atom. The lowest BCUT2D eigenvalue weighted by molar-refractivity contribution is -0.133. The van der Waals surface area contributed by atoms with Gasteiger partial charge in [-0.05, 0) is 49.6 Å². The summed E-state index contributed by atoms with van der Waals surface area (Å²) in [5.41, 5.74) is 1.80. The average Bonchev–Trinajstić information content (AvgIpc) is 3.37. The number of hydrogen-bond acceptors (Lipinski definition) is 2. The van der Waals surface area contributed by atoms with Gasteiger partial charge in [0.15, 0.2) is 0 Å². The Kier molecular flexibility index (Phi) is 4.88. The molecule has 0 N–H and O–H groups in total. The van der Waals surface area contributed by atoms with Crippen molar-refractivity contribution in [1.29, 1.82) is 0 Å². The van der Waals surface area contributed by atoms with Gasteiger partial charge < -0.3 is 4.90 Å². The van der Waals surface area contributed by atoms with Crippen molar-refractivity contribution in [2.75, 3.05) is 0 Å². The second-order valence-corrected chi connectivity index (χ2v) is 6.70. The first-order chi connectivity index (χ1) is 11.1. The van der Waals surface area contributed by atoms with Gasteiger partial charge in [0.25, 0.3) is 0 Å². The van der Waals surface area contributed by atoms with Crippen LogP contribution in [-0.2, 0) is 11.2 Å². The average molecular weight is 349 g/mol. The number of rotatable bonds is 5. The number of carbonyl (C=O) groups is 1. The molecule has 3 rings (SSSR count). The first-order valence-electron chi connectivity index (χ1n) is 7.72. The van der Waals surface area contributed by atoms with Crippen LogP contribution in [0.15, 0.2) is 42.6 Å². The van der Waals surface area contributed by atoms with E-state index in [-0.39, 0.29) is 11.9 Å². The molecule has 1 aliphatic rings. The minimum atomic E-state index is -0.0287. The van der Waals surface area contributed by atoms with Crippen molar-refractivity contribution in [3.8, 4) is 0 Å². The summed E-state index contributed by atoms with van der Waals surface area (Å²) >= 11 is 12.0. The zero-order valence-corrected chi connectivity index (χ0v) is 14.4. The van der Waals surface area contributed by atoms with Crippen LogP contribution in [0.25, 0.3) is 0 Å². The zero-order valence-electron chi connectivity index (χ0n) is 12.9. The fourth-order valence-corrected chi connectivity index (χ4v) is 3.09. The van der Waals surface area contributed by atoms with Gasteiger partial charge >= 0.3 is 0 Å². The van der Waals surface area contributed by atoms with E-state index < -0.39 is 0 Å². The zero-order chi connectivity index (χ0) is 16.4. The van der Waals surface area contributed by atoms with E-state index in [1.165, 1.54) is 0 Å². The normalized spacial score (nSPS) is 15.3. The number of carbonyl (C=O) groups excluding carboxylic acids is 1. The number of aromatic nitrogens is 1. The van der Waals surface area contributed by atoms with Crippen molar-refractivity contribution >= 4 is 29.1 Å². The summed E-state index contributed by atoms with van der Waals surface area (Å²) in [4.78, 5) is 19.2. The van der Waals surface area contributed by atoms with E-state index in [4.69, 9.17) is 23.2 Å². The van der Waals surface area contributed by atoms with Gasteiger partial charge in [0.2, 0.25) is 5.91 Å². The Labute approximate surface area is 146 Å². The van der Waals surface area contributed by atoms with Gasteiger partial charge in [-0.1, -0.05) is 35.3 Å². The van der Waals surface area contributed by atoms with Crippen LogP contribution in [0.2, 0.25) is 10.0 Å². The third-order valence-electron chi connectivity index (χ3n) is 4.10. The lowest BCUT2D eigenvalue weighted by atomic mass is 10.1. The summed E-state index contributed by atoms with van der Waals surface area (Å²) < 4.78 is 0. The third kappa shape index (κ3) is 3.85. The number of halogens is 2. The quantitative estimate of drug-likeness (QED) is 0.785. The highest BCUT2D eigenvalue weighted by Gasteiger charge is 2.36. The smallest absolute Gasteiger partial charge is 0.227 e. The van der Waals surface area contributed by atoms with E-state index in [9.17, 15) is 4.79 Å². The Bertz CT molecular complexity index is 701. The second-order valence-electron chi connectivity index (χ2n) is 5.89. The van der Waals surface area contributed by atoms with Gasteiger partial charge in [-0.15, -0.1) is 0 Å². The first kappa shape index (κ1) is 16.3. The highest BCUT2D eigenvalue weighted by atomic mass is 35.5. The first-order valence-corrected chi connectivity index (χ1v) is 8.48. The maximum absolute atomic E-state index is 12.8. The molecule has 1 atom stereocenters. The van der Waals surface area contributed by atoms with Crippen molar-refractivity contribution in [3.05, 3.63) is 63.9 Å². The van der Waals surface area contributed by atoms with E-state index in [0.29, 0.717) is 22.5 Å². The second kappa shape index (κ2) is 6.90. The minimum absolute atomic E-state index is 0.0287. The Morgan fingerprint density at radius 3 is 2.65 bits per heavy atom. The summed E-state index contributed by atoms with van der Waals surface area (Å²) in [6.45, 7) is 2.04. The fraction of sp³-hybridized carbons (Fsp3) is 0.333. The van der Waals surface area contributed by atoms with Crippen LogP contribution in [0.3, 0.4) is 0 Å². The molecule has 1 heterocycles. The van der Waals surface area contributed by atoms with E-state index in [0.717, 1.165) is 24.1 Å². The molecule has 120 valence electrons. The van der Waals surface area contributed by atoms with Crippen LogP contribution in [0.4, 0.5) is 0 Å². The molecule has 1 aliphatic carbocycles. The maximum atomic E-state index is 12.8. The Hall–Kier alpha value is -1.58. The summed E-state index contributed by atoms with van der Waals surface area (Å²) in [5, 5.41) is 0.983. The van der Waals surface area contributed by atoms with Crippen molar-refractivity contribution in [1.82, 2.24) is 9.88 Å². The van der Waals surface area contributed by atoms with Crippen molar-refractivity contribution in [2.24, 2.45) is 0 Å². The topological polar surface area (TPSA) is 33.2 Å². The van der Waals surface area contributed by atoms with Gasteiger partial charge in [0, 0.05) is 12.2 Å². The predicted molar refractivity (Wildman–Crippen MR) is 92.7 cm³/mol. The van der Waals surface area contributed by atoms with Gasteiger partial charge in [0.05, 0.1) is 28.2 Å². The fourth-order valence-electron chi connectivity index (χ4n) is 2.77. The van der Waals surface area contributed by atoms with Crippen LogP contribution in [-0.4, -0.2) is 21.8 Å². The van der Waals surface area contributed by atoms with Gasteiger partial charge in [0.1, 0.15) is 0 Å².